The van der Waals surface area contributed by atoms with E-state index in [4.69, 9.17) is 4.42 Å². The summed E-state index contributed by atoms with van der Waals surface area (Å²) in [6.07, 6.45) is 2.99. The first kappa shape index (κ1) is 15.0. The van der Waals surface area contributed by atoms with Crippen LogP contribution in [0.5, 0.6) is 0 Å². The minimum Gasteiger partial charge on any atom is -0.458 e. The third kappa shape index (κ3) is 3.60. The lowest BCUT2D eigenvalue weighted by Crippen LogP contribution is -2.34. The highest BCUT2D eigenvalue weighted by Gasteiger charge is 2.14. The Labute approximate surface area is 120 Å². The molecule has 1 heterocycles. The number of para-hydroxylation sites is 1. The van der Waals surface area contributed by atoms with Gasteiger partial charge in [0.1, 0.15) is 5.76 Å². The first-order chi connectivity index (χ1) is 9.61. The Balaban J connectivity index is 2.02. The molecule has 1 aromatic carbocycles. The van der Waals surface area contributed by atoms with Crippen LogP contribution >= 0.6 is 0 Å². The number of hydrogen-bond donors (Lipinski definition) is 1. The van der Waals surface area contributed by atoms with Crippen molar-refractivity contribution in [3.05, 3.63) is 35.8 Å². The Morgan fingerprint density at radius 2 is 2.10 bits per heavy atom. The molecule has 0 amide bonds. The Hall–Kier alpha value is -1.35. The average Bonchev–Trinajstić information content (AvgIpc) is 2.83. The van der Waals surface area contributed by atoms with E-state index < -0.39 is 0 Å². The quantitative estimate of drug-likeness (QED) is 0.804. The molecular weight excluding hydrogens is 253 g/mol. The van der Waals surface area contributed by atoms with Gasteiger partial charge in [0.15, 0.2) is 11.4 Å². The molecular formula is C17H24FNO. The second kappa shape index (κ2) is 6.89. The van der Waals surface area contributed by atoms with Crippen LogP contribution in [0, 0.1) is 11.7 Å². The zero-order valence-corrected chi connectivity index (χ0v) is 12.6. The van der Waals surface area contributed by atoms with E-state index in [0.29, 0.717) is 17.5 Å². The Bertz CT molecular complexity index is 547. The van der Waals surface area contributed by atoms with Crippen molar-refractivity contribution in [1.29, 1.82) is 0 Å². The van der Waals surface area contributed by atoms with Crippen LogP contribution in [-0.2, 0) is 6.42 Å². The predicted molar refractivity (Wildman–Crippen MR) is 81.4 cm³/mol. The monoisotopic (exact) mass is 277 g/mol. The molecule has 0 radical (unpaired) electrons. The lowest BCUT2D eigenvalue weighted by Gasteiger charge is -2.21. The summed E-state index contributed by atoms with van der Waals surface area (Å²) < 4.78 is 19.2. The Morgan fingerprint density at radius 3 is 2.75 bits per heavy atom. The number of aryl methyl sites for hydroxylation is 1. The molecule has 20 heavy (non-hydrogen) atoms. The van der Waals surface area contributed by atoms with Crippen LogP contribution in [0.1, 0.15) is 39.4 Å². The van der Waals surface area contributed by atoms with Crippen molar-refractivity contribution in [2.75, 3.05) is 6.54 Å². The number of benzene rings is 1. The van der Waals surface area contributed by atoms with Crippen molar-refractivity contribution in [3.63, 3.8) is 0 Å². The van der Waals surface area contributed by atoms with Gasteiger partial charge in [0.2, 0.25) is 0 Å². The van der Waals surface area contributed by atoms with Crippen LogP contribution in [0.2, 0.25) is 0 Å². The van der Waals surface area contributed by atoms with Gasteiger partial charge in [-0.05, 0) is 37.4 Å². The topological polar surface area (TPSA) is 25.2 Å². The first-order valence-electron chi connectivity index (χ1n) is 7.52. The zero-order chi connectivity index (χ0) is 14.5. The van der Waals surface area contributed by atoms with E-state index in [0.717, 1.165) is 37.0 Å². The molecule has 2 aromatic rings. The van der Waals surface area contributed by atoms with Gasteiger partial charge in [0.25, 0.3) is 0 Å². The average molecular weight is 277 g/mol. The molecule has 2 nitrogen and oxygen atoms in total. The standard InChI is InChI=1S/C17H24FNO/c1-4-10-19-16(12(2)3)9-8-14-11-13-6-5-7-15(18)17(13)20-14/h5-7,11-12,16,19H,4,8-10H2,1-3H3. The highest BCUT2D eigenvalue weighted by Crippen LogP contribution is 2.23. The molecule has 3 heteroatoms. The molecule has 0 saturated heterocycles. The van der Waals surface area contributed by atoms with Crippen LogP contribution in [0.4, 0.5) is 4.39 Å². The summed E-state index contributed by atoms with van der Waals surface area (Å²) >= 11 is 0. The fourth-order valence-corrected chi connectivity index (χ4v) is 2.50. The largest absolute Gasteiger partial charge is 0.458 e. The maximum atomic E-state index is 13.6. The van der Waals surface area contributed by atoms with E-state index in [2.05, 4.69) is 26.1 Å². The molecule has 2 rings (SSSR count). The van der Waals surface area contributed by atoms with Crippen molar-refractivity contribution in [3.8, 4) is 0 Å². The third-order valence-electron chi connectivity index (χ3n) is 3.71. The van der Waals surface area contributed by atoms with Gasteiger partial charge in [-0.25, -0.2) is 4.39 Å². The van der Waals surface area contributed by atoms with E-state index in [1.165, 1.54) is 6.07 Å². The van der Waals surface area contributed by atoms with Crippen LogP contribution in [-0.4, -0.2) is 12.6 Å². The van der Waals surface area contributed by atoms with Crippen LogP contribution < -0.4 is 5.32 Å². The third-order valence-corrected chi connectivity index (χ3v) is 3.71. The molecule has 0 aliphatic rings. The number of halogens is 1. The number of furan rings is 1. The molecule has 110 valence electrons. The second-order valence-corrected chi connectivity index (χ2v) is 5.71. The summed E-state index contributed by atoms with van der Waals surface area (Å²) in [5.74, 6) is 1.18. The molecule has 1 unspecified atom stereocenters. The van der Waals surface area contributed by atoms with Crippen LogP contribution in [0.25, 0.3) is 11.0 Å². The van der Waals surface area contributed by atoms with Gasteiger partial charge in [-0.1, -0.05) is 32.9 Å². The van der Waals surface area contributed by atoms with Gasteiger partial charge < -0.3 is 9.73 Å². The van der Waals surface area contributed by atoms with Crippen molar-refractivity contribution < 1.29 is 8.81 Å². The Kier molecular flexibility index (Phi) is 5.18. The fourth-order valence-electron chi connectivity index (χ4n) is 2.50. The molecule has 1 aromatic heterocycles. The van der Waals surface area contributed by atoms with E-state index in [9.17, 15) is 4.39 Å². The molecule has 1 N–H and O–H groups in total. The molecule has 0 aliphatic heterocycles. The highest BCUT2D eigenvalue weighted by molar-refractivity contribution is 5.78. The lowest BCUT2D eigenvalue weighted by molar-refractivity contribution is 0.368. The van der Waals surface area contributed by atoms with E-state index in [1.54, 1.807) is 6.07 Å². The number of rotatable bonds is 7. The summed E-state index contributed by atoms with van der Waals surface area (Å²) in [6.45, 7) is 7.67. The van der Waals surface area contributed by atoms with Gasteiger partial charge in [-0.15, -0.1) is 0 Å². The summed E-state index contributed by atoms with van der Waals surface area (Å²) in [5.41, 5.74) is 0.380. The predicted octanol–water partition coefficient (Wildman–Crippen LogP) is 4.53. The Morgan fingerprint density at radius 1 is 1.30 bits per heavy atom. The summed E-state index contributed by atoms with van der Waals surface area (Å²) in [5, 5.41) is 4.42. The van der Waals surface area contributed by atoms with Gasteiger partial charge in [0, 0.05) is 17.8 Å². The number of hydrogen-bond acceptors (Lipinski definition) is 2. The molecule has 0 aliphatic carbocycles. The first-order valence-corrected chi connectivity index (χ1v) is 7.52. The molecule has 0 bridgehead atoms. The smallest absolute Gasteiger partial charge is 0.169 e. The van der Waals surface area contributed by atoms with Crippen molar-refractivity contribution in [2.45, 2.75) is 46.1 Å². The van der Waals surface area contributed by atoms with Crippen molar-refractivity contribution in [1.82, 2.24) is 5.32 Å². The minimum absolute atomic E-state index is 0.279. The number of fused-ring (bicyclic) bond motifs is 1. The molecule has 0 saturated carbocycles. The maximum Gasteiger partial charge on any atom is 0.169 e. The van der Waals surface area contributed by atoms with Crippen LogP contribution in [0.15, 0.2) is 28.7 Å². The van der Waals surface area contributed by atoms with E-state index in [1.807, 2.05) is 12.1 Å². The van der Waals surface area contributed by atoms with Crippen LogP contribution in [0.3, 0.4) is 0 Å². The fraction of sp³-hybridized carbons (Fsp3) is 0.529. The van der Waals surface area contributed by atoms with Gasteiger partial charge in [0.05, 0.1) is 0 Å². The van der Waals surface area contributed by atoms with Crippen molar-refractivity contribution in [2.24, 2.45) is 5.92 Å². The lowest BCUT2D eigenvalue weighted by atomic mass is 9.98. The normalized spacial score (nSPS) is 13.2. The molecule has 0 spiro atoms. The van der Waals surface area contributed by atoms with E-state index >= 15 is 0 Å². The van der Waals surface area contributed by atoms with Crippen molar-refractivity contribution >= 4 is 11.0 Å². The summed E-state index contributed by atoms with van der Waals surface area (Å²) in [6, 6.07) is 7.48. The van der Waals surface area contributed by atoms with Gasteiger partial charge >= 0.3 is 0 Å². The summed E-state index contributed by atoms with van der Waals surface area (Å²) in [4.78, 5) is 0. The minimum atomic E-state index is -0.279. The zero-order valence-electron chi connectivity index (χ0n) is 12.6. The van der Waals surface area contributed by atoms with E-state index in [-0.39, 0.29) is 5.82 Å². The van der Waals surface area contributed by atoms with Gasteiger partial charge in [-0.2, -0.15) is 0 Å². The van der Waals surface area contributed by atoms with Gasteiger partial charge in [-0.3, -0.25) is 0 Å². The SMILES string of the molecule is CCCNC(CCc1cc2cccc(F)c2o1)C(C)C. The molecule has 1 atom stereocenters. The molecule has 0 fully saturated rings. The number of nitrogens with one attached hydrogen (secondary N) is 1. The highest BCUT2D eigenvalue weighted by atomic mass is 19.1. The second-order valence-electron chi connectivity index (χ2n) is 5.71. The maximum absolute atomic E-state index is 13.6. The summed E-state index contributed by atoms with van der Waals surface area (Å²) in [7, 11) is 0.